The summed E-state index contributed by atoms with van der Waals surface area (Å²) < 4.78 is 37.9. The zero-order chi connectivity index (χ0) is 17.0. The van der Waals surface area contributed by atoms with Crippen LogP contribution in [0.3, 0.4) is 0 Å². The maximum absolute atomic E-state index is 12.6. The molecule has 3 rings (SSSR count). The van der Waals surface area contributed by atoms with Crippen molar-refractivity contribution in [3.8, 4) is 0 Å². The molecule has 1 N–H and O–H groups in total. The van der Waals surface area contributed by atoms with E-state index in [9.17, 15) is 13.2 Å². The van der Waals surface area contributed by atoms with Crippen LogP contribution >= 0.6 is 0 Å². The summed E-state index contributed by atoms with van der Waals surface area (Å²) in [7, 11) is 0. The van der Waals surface area contributed by atoms with Crippen LogP contribution in [0.1, 0.15) is 23.1 Å². The molecule has 1 aliphatic rings. The minimum Gasteiger partial charge on any atom is -0.316 e. The topological polar surface area (TPSA) is 12.0 Å². The quantitative estimate of drug-likeness (QED) is 0.854. The molecule has 0 spiro atoms. The van der Waals surface area contributed by atoms with Gasteiger partial charge in [-0.1, -0.05) is 42.5 Å². The summed E-state index contributed by atoms with van der Waals surface area (Å²) in [5.41, 5.74) is 1.75. The first-order valence-corrected chi connectivity index (χ1v) is 8.41. The second-order valence-corrected chi connectivity index (χ2v) is 6.71. The normalized spacial score (nSPS) is 21.6. The van der Waals surface area contributed by atoms with Crippen LogP contribution in [0.15, 0.2) is 54.6 Å². The van der Waals surface area contributed by atoms with Gasteiger partial charge in [0.1, 0.15) is 0 Å². The molecular formula is C20H22F3N. The van der Waals surface area contributed by atoms with E-state index in [1.54, 1.807) is 12.1 Å². The van der Waals surface area contributed by atoms with Crippen LogP contribution in [-0.4, -0.2) is 13.1 Å². The number of hydrogen-bond acceptors (Lipinski definition) is 1. The lowest BCUT2D eigenvalue weighted by molar-refractivity contribution is -0.137. The first-order chi connectivity index (χ1) is 11.5. The van der Waals surface area contributed by atoms with Gasteiger partial charge in [0, 0.05) is 0 Å². The third-order valence-electron chi connectivity index (χ3n) is 4.71. The van der Waals surface area contributed by atoms with E-state index in [2.05, 4.69) is 29.6 Å². The average Bonchev–Trinajstić information content (AvgIpc) is 2.56. The zero-order valence-electron chi connectivity index (χ0n) is 13.5. The van der Waals surface area contributed by atoms with Crippen molar-refractivity contribution in [2.45, 2.75) is 25.4 Å². The van der Waals surface area contributed by atoms with Gasteiger partial charge in [-0.05, 0) is 67.4 Å². The van der Waals surface area contributed by atoms with Gasteiger partial charge in [0.05, 0.1) is 5.56 Å². The van der Waals surface area contributed by atoms with Crippen LogP contribution < -0.4 is 5.32 Å². The number of alkyl halides is 3. The number of rotatable bonds is 4. The van der Waals surface area contributed by atoms with Crippen LogP contribution in [-0.2, 0) is 19.0 Å². The Bertz CT molecular complexity index is 634. The smallest absolute Gasteiger partial charge is 0.316 e. The van der Waals surface area contributed by atoms with Crippen molar-refractivity contribution in [3.63, 3.8) is 0 Å². The molecule has 1 fully saturated rings. The molecule has 128 valence electrons. The monoisotopic (exact) mass is 333 g/mol. The van der Waals surface area contributed by atoms with Crippen LogP contribution in [0.5, 0.6) is 0 Å². The number of piperidine rings is 1. The van der Waals surface area contributed by atoms with Crippen molar-refractivity contribution in [3.05, 3.63) is 71.3 Å². The fraction of sp³-hybridized carbons (Fsp3) is 0.400. The van der Waals surface area contributed by atoms with Gasteiger partial charge in [-0.15, -0.1) is 0 Å². The van der Waals surface area contributed by atoms with Crippen molar-refractivity contribution in [2.75, 3.05) is 13.1 Å². The Morgan fingerprint density at radius 1 is 0.792 bits per heavy atom. The summed E-state index contributed by atoms with van der Waals surface area (Å²) >= 11 is 0. The summed E-state index contributed by atoms with van der Waals surface area (Å²) in [6, 6.07) is 16.1. The van der Waals surface area contributed by atoms with Crippen molar-refractivity contribution in [2.24, 2.45) is 11.8 Å². The summed E-state index contributed by atoms with van der Waals surface area (Å²) in [6.07, 6.45) is -1.26. The summed E-state index contributed by atoms with van der Waals surface area (Å²) in [5.74, 6) is 1.06. The molecule has 2 aromatic rings. The molecule has 0 aliphatic carbocycles. The predicted octanol–water partition coefficient (Wildman–Crippen LogP) is 4.72. The minimum absolute atomic E-state index is 0.476. The van der Waals surface area contributed by atoms with Gasteiger partial charge in [0.15, 0.2) is 0 Å². The largest absolute Gasteiger partial charge is 0.416 e. The molecule has 0 amide bonds. The molecule has 0 bridgehead atoms. The lowest BCUT2D eigenvalue weighted by Gasteiger charge is -2.30. The Morgan fingerprint density at radius 2 is 1.33 bits per heavy atom. The number of hydrogen-bond donors (Lipinski definition) is 1. The van der Waals surface area contributed by atoms with E-state index in [1.165, 1.54) is 17.7 Å². The minimum atomic E-state index is -4.26. The summed E-state index contributed by atoms with van der Waals surface area (Å²) in [5, 5.41) is 3.48. The van der Waals surface area contributed by atoms with Crippen LogP contribution in [0.2, 0.25) is 0 Å². The highest BCUT2D eigenvalue weighted by molar-refractivity contribution is 5.25. The van der Waals surface area contributed by atoms with Gasteiger partial charge < -0.3 is 5.32 Å². The van der Waals surface area contributed by atoms with Crippen molar-refractivity contribution >= 4 is 0 Å². The molecule has 0 saturated carbocycles. The standard InChI is InChI=1S/C20H22F3N/c21-20(22,23)19-8-6-16(7-9-19)11-18-12-17(13-24-14-18)10-15-4-2-1-3-5-15/h1-9,17-18,24H,10-14H2. The fourth-order valence-electron chi connectivity index (χ4n) is 3.55. The number of nitrogens with one attached hydrogen (secondary N) is 1. The first kappa shape index (κ1) is 17.0. The summed E-state index contributed by atoms with van der Waals surface area (Å²) in [4.78, 5) is 0. The van der Waals surface area contributed by atoms with E-state index < -0.39 is 11.7 Å². The van der Waals surface area contributed by atoms with Gasteiger partial charge in [-0.25, -0.2) is 0 Å². The molecule has 24 heavy (non-hydrogen) atoms. The summed E-state index contributed by atoms with van der Waals surface area (Å²) in [6.45, 7) is 1.95. The van der Waals surface area contributed by atoms with Crippen molar-refractivity contribution in [1.82, 2.24) is 5.32 Å². The molecule has 1 aliphatic heterocycles. The van der Waals surface area contributed by atoms with Crippen molar-refractivity contribution < 1.29 is 13.2 Å². The molecule has 2 aromatic carbocycles. The van der Waals surface area contributed by atoms with Gasteiger partial charge in [-0.2, -0.15) is 13.2 Å². The third-order valence-corrected chi connectivity index (χ3v) is 4.71. The van der Waals surface area contributed by atoms with Gasteiger partial charge >= 0.3 is 6.18 Å². The van der Waals surface area contributed by atoms with E-state index in [4.69, 9.17) is 0 Å². The SMILES string of the molecule is FC(F)(F)c1ccc(CC2CNCC(Cc3ccccc3)C2)cc1. The fourth-order valence-corrected chi connectivity index (χ4v) is 3.55. The molecule has 1 nitrogen and oxygen atoms in total. The molecule has 2 atom stereocenters. The number of halogens is 3. The Hall–Kier alpha value is -1.81. The maximum Gasteiger partial charge on any atom is 0.416 e. The third kappa shape index (κ3) is 4.60. The highest BCUT2D eigenvalue weighted by Crippen LogP contribution is 2.30. The van der Waals surface area contributed by atoms with Gasteiger partial charge in [0.2, 0.25) is 0 Å². The van der Waals surface area contributed by atoms with Gasteiger partial charge in [-0.3, -0.25) is 0 Å². The molecule has 2 unspecified atom stereocenters. The second kappa shape index (κ2) is 7.39. The molecule has 1 heterocycles. The highest BCUT2D eigenvalue weighted by atomic mass is 19.4. The highest BCUT2D eigenvalue weighted by Gasteiger charge is 2.30. The van der Waals surface area contributed by atoms with E-state index in [0.717, 1.165) is 37.9 Å². The Morgan fingerprint density at radius 3 is 1.88 bits per heavy atom. The second-order valence-electron chi connectivity index (χ2n) is 6.71. The van der Waals surface area contributed by atoms with E-state index in [-0.39, 0.29) is 0 Å². The molecule has 4 heteroatoms. The first-order valence-electron chi connectivity index (χ1n) is 8.41. The number of benzene rings is 2. The molecule has 0 aromatic heterocycles. The van der Waals surface area contributed by atoms with Crippen LogP contribution in [0.4, 0.5) is 13.2 Å². The van der Waals surface area contributed by atoms with E-state index >= 15 is 0 Å². The Balaban J connectivity index is 1.57. The van der Waals surface area contributed by atoms with Gasteiger partial charge in [0.25, 0.3) is 0 Å². The van der Waals surface area contributed by atoms with Crippen LogP contribution in [0, 0.1) is 11.8 Å². The van der Waals surface area contributed by atoms with E-state index in [1.807, 2.05) is 6.07 Å². The Kier molecular flexibility index (Phi) is 5.24. The lowest BCUT2D eigenvalue weighted by atomic mass is 9.83. The van der Waals surface area contributed by atoms with E-state index in [0.29, 0.717) is 11.8 Å². The molecule has 0 radical (unpaired) electrons. The lowest BCUT2D eigenvalue weighted by Crippen LogP contribution is -2.38. The van der Waals surface area contributed by atoms with Crippen molar-refractivity contribution in [1.29, 1.82) is 0 Å². The zero-order valence-corrected chi connectivity index (χ0v) is 13.5. The maximum atomic E-state index is 12.6. The van der Waals surface area contributed by atoms with Crippen LogP contribution in [0.25, 0.3) is 0 Å². The average molecular weight is 333 g/mol. The molecule has 1 saturated heterocycles. The molecular weight excluding hydrogens is 311 g/mol. The Labute approximate surface area is 140 Å². The predicted molar refractivity (Wildman–Crippen MR) is 89.8 cm³/mol.